The second-order valence-corrected chi connectivity index (χ2v) is 7.43. The molecule has 5 heteroatoms. The lowest BCUT2D eigenvalue weighted by Crippen LogP contribution is -2.43. The highest BCUT2D eigenvalue weighted by Crippen LogP contribution is 2.34. The van der Waals surface area contributed by atoms with Crippen LogP contribution in [0.3, 0.4) is 0 Å². The molecule has 5 nitrogen and oxygen atoms in total. The molecule has 0 bridgehead atoms. The lowest BCUT2D eigenvalue weighted by molar-refractivity contribution is -0.140. The number of nitrogens with one attached hydrogen (secondary N) is 1. The summed E-state index contributed by atoms with van der Waals surface area (Å²) < 4.78 is 11.8. The van der Waals surface area contributed by atoms with E-state index in [-0.39, 0.29) is 5.91 Å². The fourth-order valence-corrected chi connectivity index (χ4v) is 3.86. The van der Waals surface area contributed by atoms with Gasteiger partial charge in [0, 0.05) is 18.8 Å². The molecule has 0 aromatic heterocycles. The molecule has 2 fully saturated rings. The van der Waals surface area contributed by atoms with Gasteiger partial charge in [0.2, 0.25) is 0 Å². The molecule has 3 rings (SSSR count). The summed E-state index contributed by atoms with van der Waals surface area (Å²) in [6.45, 7) is 6.78. The molecule has 1 aromatic carbocycles. The molecule has 1 saturated carbocycles. The van der Waals surface area contributed by atoms with Gasteiger partial charge in [-0.2, -0.15) is 0 Å². The van der Waals surface area contributed by atoms with Gasteiger partial charge in [-0.25, -0.2) is 0 Å². The Hall–Kier alpha value is -1.59. The first kappa shape index (κ1) is 19.2. The Labute approximate surface area is 157 Å². The maximum atomic E-state index is 12.8. The number of amides is 1. The van der Waals surface area contributed by atoms with E-state index >= 15 is 0 Å². The van der Waals surface area contributed by atoms with Gasteiger partial charge in [0.15, 0.2) is 0 Å². The molecule has 1 aromatic rings. The summed E-state index contributed by atoms with van der Waals surface area (Å²) in [6.07, 6.45) is 7.28. The van der Waals surface area contributed by atoms with Crippen LogP contribution in [-0.4, -0.2) is 49.3 Å². The van der Waals surface area contributed by atoms with Crippen molar-refractivity contribution in [1.29, 1.82) is 0 Å². The molecule has 1 N–H and O–H groups in total. The molecule has 1 amide bonds. The largest absolute Gasteiger partial charge is 0.492 e. The second-order valence-electron chi connectivity index (χ2n) is 7.43. The summed E-state index contributed by atoms with van der Waals surface area (Å²) in [5, 5.41) is 3.03. The van der Waals surface area contributed by atoms with E-state index in [0.29, 0.717) is 13.2 Å². The maximum Gasteiger partial charge on any atom is 0.256 e. The van der Waals surface area contributed by atoms with E-state index in [0.717, 1.165) is 50.1 Å². The van der Waals surface area contributed by atoms with E-state index in [1.165, 1.54) is 25.9 Å². The monoisotopic (exact) mass is 360 g/mol. The molecule has 1 aliphatic heterocycles. The van der Waals surface area contributed by atoms with Gasteiger partial charge in [-0.15, -0.1) is 0 Å². The van der Waals surface area contributed by atoms with Crippen molar-refractivity contribution >= 4 is 11.6 Å². The predicted molar refractivity (Wildman–Crippen MR) is 104 cm³/mol. The first-order valence-corrected chi connectivity index (χ1v) is 10.1. The van der Waals surface area contributed by atoms with Gasteiger partial charge in [-0.05, 0) is 82.3 Å². The summed E-state index contributed by atoms with van der Waals surface area (Å²) in [6, 6.07) is 7.67. The minimum atomic E-state index is -0.638. The van der Waals surface area contributed by atoms with Crippen LogP contribution in [0, 0.1) is 0 Å². The molecule has 1 heterocycles. The minimum Gasteiger partial charge on any atom is -0.492 e. The second kappa shape index (κ2) is 9.38. The van der Waals surface area contributed by atoms with Crippen molar-refractivity contribution in [1.82, 2.24) is 4.90 Å². The smallest absolute Gasteiger partial charge is 0.256 e. The van der Waals surface area contributed by atoms with Crippen LogP contribution in [0.1, 0.15) is 51.9 Å². The Morgan fingerprint density at radius 2 is 1.77 bits per heavy atom. The molecule has 26 heavy (non-hydrogen) atoms. The fraction of sp³-hybridized carbons (Fsp3) is 0.667. The third-order valence-corrected chi connectivity index (χ3v) is 5.39. The number of rotatable bonds is 9. The van der Waals surface area contributed by atoms with Gasteiger partial charge in [0.25, 0.3) is 5.91 Å². The Morgan fingerprint density at radius 1 is 1.08 bits per heavy atom. The maximum absolute atomic E-state index is 12.8. The van der Waals surface area contributed by atoms with Crippen molar-refractivity contribution in [2.45, 2.75) is 57.5 Å². The Bertz CT molecular complexity index is 561. The van der Waals surface area contributed by atoms with Crippen molar-refractivity contribution in [2.24, 2.45) is 0 Å². The summed E-state index contributed by atoms with van der Waals surface area (Å²) in [5.41, 5.74) is 0.161. The molecule has 1 saturated heterocycles. The molecule has 144 valence electrons. The number of carbonyl (C=O) groups is 1. The van der Waals surface area contributed by atoms with Crippen LogP contribution in [0.2, 0.25) is 0 Å². The van der Waals surface area contributed by atoms with Crippen LogP contribution in [0.5, 0.6) is 5.75 Å². The number of ether oxygens (including phenoxy) is 2. The summed E-state index contributed by atoms with van der Waals surface area (Å²) >= 11 is 0. The van der Waals surface area contributed by atoms with E-state index in [1.54, 1.807) is 0 Å². The van der Waals surface area contributed by atoms with E-state index in [9.17, 15) is 4.79 Å². The van der Waals surface area contributed by atoms with Crippen LogP contribution < -0.4 is 10.1 Å². The third-order valence-electron chi connectivity index (χ3n) is 5.39. The van der Waals surface area contributed by atoms with Gasteiger partial charge in [0.1, 0.15) is 18.0 Å². The Kier molecular flexibility index (Phi) is 6.92. The highest BCUT2D eigenvalue weighted by Gasteiger charge is 2.42. The molecular weight excluding hydrogens is 328 g/mol. The standard InChI is InChI=1S/C21H32N2O3/c1-2-16-26-21(11-3-4-12-21)20(24)22-18-7-9-19(10-8-18)25-17-15-23-13-5-6-14-23/h7-10H,2-6,11-17H2,1H3,(H,22,24). The molecule has 2 aliphatic rings. The first-order chi connectivity index (χ1) is 12.7. The fourth-order valence-electron chi connectivity index (χ4n) is 3.86. The van der Waals surface area contributed by atoms with Crippen LogP contribution in [0.15, 0.2) is 24.3 Å². The number of likely N-dealkylation sites (tertiary alicyclic amines) is 1. The average molecular weight is 360 g/mol. The molecule has 1 aliphatic carbocycles. The number of carbonyl (C=O) groups excluding carboxylic acids is 1. The number of nitrogens with zero attached hydrogens (tertiary/aromatic N) is 1. The number of hydrogen-bond donors (Lipinski definition) is 1. The Balaban J connectivity index is 1.48. The van der Waals surface area contributed by atoms with Crippen molar-refractivity contribution in [2.75, 3.05) is 38.2 Å². The Morgan fingerprint density at radius 3 is 2.42 bits per heavy atom. The van der Waals surface area contributed by atoms with E-state index in [2.05, 4.69) is 17.1 Å². The number of benzene rings is 1. The summed E-state index contributed by atoms with van der Waals surface area (Å²) in [7, 11) is 0. The van der Waals surface area contributed by atoms with E-state index in [1.807, 2.05) is 24.3 Å². The molecular formula is C21H32N2O3. The van der Waals surface area contributed by atoms with Crippen molar-refractivity contribution in [3.05, 3.63) is 24.3 Å². The van der Waals surface area contributed by atoms with Crippen molar-refractivity contribution in [3.63, 3.8) is 0 Å². The van der Waals surface area contributed by atoms with E-state index in [4.69, 9.17) is 9.47 Å². The van der Waals surface area contributed by atoms with Crippen LogP contribution in [0.4, 0.5) is 5.69 Å². The summed E-state index contributed by atoms with van der Waals surface area (Å²) in [5.74, 6) is 0.839. The zero-order chi connectivity index (χ0) is 18.2. The average Bonchev–Trinajstić information content (AvgIpc) is 3.34. The molecule has 0 spiro atoms. The first-order valence-electron chi connectivity index (χ1n) is 10.1. The lowest BCUT2D eigenvalue weighted by Gasteiger charge is -2.28. The minimum absolute atomic E-state index is 0.00819. The number of anilines is 1. The molecule has 0 radical (unpaired) electrons. The summed E-state index contributed by atoms with van der Waals surface area (Å²) in [4.78, 5) is 15.2. The van der Waals surface area contributed by atoms with Crippen molar-refractivity contribution in [3.8, 4) is 5.75 Å². The zero-order valence-electron chi connectivity index (χ0n) is 16.0. The van der Waals surface area contributed by atoms with Gasteiger partial charge in [-0.3, -0.25) is 9.69 Å². The lowest BCUT2D eigenvalue weighted by atomic mass is 10.0. The van der Waals surface area contributed by atoms with Crippen molar-refractivity contribution < 1.29 is 14.3 Å². The van der Waals surface area contributed by atoms with Gasteiger partial charge in [0.05, 0.1) is 0 Å². The van der Waals surface area contributed by atoms with E-state index < -0.39 is 5.60 Å². The van der Waals surface area contributed by atoms with Gasteiger partial charge >= 0.3 is 0 Å². The quantitative estimate of drug-likeness (QED) is 0.727. The molecule has 0 unspecified atom stereocenters. The van der Waals surface area contributed by atoms with Gasteiger partial charge < -0.3 is 14.8 Å². The highest BCUT2D eigenvalue weighted by molar-refractivity contribution is 5.97. The van der Waals surface area contributed by atoms with Crippen LogP contribution in [-0.2, 0) is 9.53 Å². The molecule has 0 atom stereocenters. The highest BCUT2D eigenvalue weighted by atomic mass is 16.5. The normalized spacial score (nSPS) is 19.6. The van der Waals surface area contributed by atoms with Gasteiger partial charge in [-0.1, -0.05) is 6.92 Å². The van der Waals surface area contributed by atoms with Crippen LogP contribution >= 0.6 is 0 Å². The third kappa shape index (κ3) is 4.98. The zero-order valence-corrected chi connectivity index (χ0v) is 16.0. The van der Waals surface area contributed by atoms with Crippen LogP contribution in [0.25, 0.3) is 0 Å². The predicted octanol–water partition coefficient (Wildman–Crippen LogP) is 3.84. The SMILES string of the molecule is CCCOC1(C(=O)Nc2ccc(OCCN3CCCC3)cc2)CCCC1. The number of hydrogen-bond acceptors (Lipinski definition) is 4. The topological polar surface area (TPSA) is 50.8 Å².